The topological polar surface area (TPSA) is 0 Å². The van der Waals surface area contributed by atoms with E-state index in [2.05, 4.69) is 148 Å². The molecule has 0 saturated heterocycles. The standard InChI is InChI=1S/C36H32S/c1-25-34(28-18-11-6-12-19-28)32-20-13-21-33(35(32)37-25)36(2,3)31-23-29(26-14-7-4-8-15-26)22-30(24-31)27-16-9-5-10-17-27/h4-25,34H,1-3H3. The van der Waals surface area contributed by atoms with Crippen molar-refractivity contribution in [2.75, 3.05) is 0 Å². The molecule has 182 valence electrons. The molecule has 0 spiro atoms. The summed E-state index contributed by atoms with van der Waals surface area (Å²) in [5.74, 6) is 0.424. The molecule has 0 saturated carbocycles. The number of fused-ring (bicyclic) bond motifs is 1. The van der Waals surface area contributed by atoms with Gasteiger partial charge in [0.25, 0.3) is 0 Å². The van der Waals surface area contributed by atoms with Crippen molar-refractivity contribution in [3.63, 3.8) is 0 Å². The molecular weight excluding hydrogens is 464 g/mol. The second kappa shape index (κ2) is 9.72. The summed E-state index contributed by atoms with van der Waals surface area (Å²) in [6, 6.07) is 46.6. The van der Waals surface area contributed by atoms with Crippen LogP contribution in [0.25, 0.3) is 22.3 Å². The molecule has 1 heterocycles. The summed E-state index contributed by atoms with van der Waals surface area (Å²) in [4.78, 5) is 1.46. The minimum Gasteiger partial charge on any atom is -0.121 e. The maximum Gasteiger partial charge on any atom is 0.0220 e. The Hall–Kier alpha value is -3.55. The van der Waals surface area contributed by atoms with E-state index in [0.29, 0.717) is 11.2 Å². The molecule has 2 unspecified atom stereocenters. The lowest BCUT2D eigenvalue weighted by Crippen LogP contribution is -2.20. The SMILES string of the molecule is CC1Sc2c(cccc2C(C)(C)c2cc(-c3ccccc3)cc(-c3ccccc3)c2)C1c1ccccc1. The van der Waals surface area contributed by atoms with Crippen molar-refractivity contribution in [3.05, 3.63) is 150 Å². The zero-order chi connectivity index (χ0) is 25.4. The van der Waals surface area contributed by atoms with Crippen LogP contribution in [-0.4, -0.2) is 5.25 Å². The zero-order valence-corrected chi connectivity index (χ0v) is 22.5. The smallest absolute Gasteiger partial charge is 0.0220 e. The van der Waals surface area contributed by atoms with Crippen molar-refractivity contribution in [1.29, 1.82) is 0 Å². The fourth-order valence-electron chi connectivity index (χ4n) is 5.78. The van der Waals surface area contributed by atoms with Gasteiger partial charge in [0, 0.05) is 21.5 Å². The molecule has 1 aliphatic heterocycles. The molecule has 5 aromatic rings. The van der Waals surface area contributed by atoms with E-state index in [1.165, 1.54) is 49.4 Å². The van der Waals surface area contributed by atoms with Crippen molar-refractivity contribution < 1.29 is 0 Å². The maximum absolute atomic E-state index is 2.40. The number of benzene rings is 5. The van der Waals surface area contributed by atoms with Crippen molar-refractivity contribution >= 4 is 11.8 Å². The van der Waals surface area contributed by atoms with Gasteiger partial charge in [-0.1, -0.05) is 142 Å². The molecule has 0 N–H and O–H groups in total. The third kappa shape index (κ3) is 4.43. The Labute approximate surface area is 225 Å². The van der Waals surface area contributed by atoms with Gasteiger partial charge in [-0.15, -0.1) is 11.8 Å². The molecule has 0 aliphatic carbocycles. The highest BCUT2D eigenvalue weighted by Gasteiger charge is 2.37. The first-order valence-corrected chi connectivity index (χ1v) is 14.0. The fraction of sp³-hybridized carbons (Fsp3) is 0.167. The van der Waals surface area contributed by atoms with E-state index in [4.69, 9.17) is 0 Å². The molecule has 0 amide bonds. The van der Waals surface area contributed by atoms with Crippen LogP contribution in [0.4, 0.5) is 0 Å². The van der Waals surface area contributed by atoms with Gasteiger partial charge in [0.05, 0.1) is 0 Å². The van der Waals surface area contributed by atoms with E-state index in [1.807, 2.05) is 11.8 Å². The maximum atomic E-state index is 2.40. The Balaban J connectivity index is 1.50. The Morgan fingerprint density at radius 2 is 1.11 bits per heavy atom. The zero-order valence-electron chi connectivity index (χ0n) is 21.7. The largest absolute Gasteiger partial charge is 0.121 e. The van der Waals surface area contributed by atoms with Crippen molar-refractivity contribution in [1.82, 2.24) is 0 Å². The molecule has 1 heteroatoms. The van der Waals surface area contributed by atoms with E-state index in [9.17, 15) is 0 Å². The van der Waals surface area contributed by atoms with E-state index >= 15 is 0 Å². The predicted molar refractivity (Wildman–Crippen MR) is 159 cm³/mol. The van der Waals surface area contributed by atoms with E-state index in [1.54, 1.807) is 0 Å². The summed E-state index contributed by atoms with van der Waals surface area (Å²) in [6.07, 6.45) is 0. The molecule has 5 aromatic carbocycles. The van der Waals surface area contributed by atoms with Gasteiger partial charge in [0.2, 0.25) is 0 Å². The van der Waals surface area contributed by atoms with Crippen molar-refractivity contribution in [2.24, 2.45) is 0 Å². The van der Waals surface area contributed by atoms with Crippen LogP contribution in [-0.2, 0) is 5.41 Å². The number of hydrogen-bond donors (Lipinski definition) is 0. The minimum absolute atomic E-state index is 0.155. The van der Waals surface area contributed by atoms with Gasteiger partial charge >= 0.3 is 0 Å². The third-order valence-electron chi connectivity index (χ3n) is 7.85. The quantitative estimate of drug-likeness (QED) is 0.233. The Bertz CT molecular complexity index is 1460. The van der Waals surface area contributed by atoms with Crippen LogP contribution in [0.3, 0.4) is 0 Å². The highest BCUT2D eigenvalue weighted by atomic mass is 32.2. The van der Waals surface area contributed by atoms with Gasteiger partial charge in [0.15, 0.2) is 0 Å². The Kier molecular flexibility index (Phi) is 6.26. The van der Waals surface area contributed by atoms with Crippen LogP contribution in [0, 0.1) is 0 Å². The lowest BCUT2D eigenvalue weighted by molar-refractivity contribution is 0.625. The highest BCUT2D eigenvalue weighted by Crippen LogP contribution is 2.53. The number of thioether (sulfide) groups is 1. The molecule has 0 bridgehead atoms. The van der Waals surface area contributed by atoms with Crippen molar-refractivity contribution in [3.8, 4) is 22.3 Å². The van der Waals surface area contributed by atoms with Crippen LogP contribution in [0.5, 0.6) is 0 Å². The third-order valence-corrected chi connectivity index (χ3v) is 9.19. The van der Waals surface area contributed by atoms with Crippen LogP contribution >= 0.6 is 11.8 Å². The van der Waals surface area contributed by atoms with Gasteiger partial charge < -0.3 is 0 Å². The van der Waals surface area contributed by atoms with Gasteiger partial charge in [-0.3, -0.25) is 0 Å². The first-order valence-electron chi connectivity index (χ1n) is 13.1. The Morgan fingerprint density at radius 3 is 1.68 bits per heavy atom. The minimum atomic E-state index is -0.155. The molecule has 2 atom stereocenters. The Morgan fingerprint density at radius 1 is 0.568 bits per heavy atom. The molecular formula is C36H32S. The summed E-state index contributed by atoms with van der Waals surface area (Å²) in [5, 5.41) is 0.505. The van der Waals surface area contributed by atoms with Crippen molar-refractivity contribution in [2.45, 2.75) is 42.2 Å². The summed E-state index contributed by atoms with van der Waals surface area (Å²) in [6.45, 7) is 7.16. The second-order valence-electron chi connectivity index (χ2n) is 10.6. The van der Waals surface area contributed by atoms with Crippen LogP contribution in [0.2, 0.25) is 0 Å². The van der Waals surface area contributed by atoms with Crippen LogP contribution in [0.1, 0.15) is 48.9 Å². The fourth-order valence-corrected chi connectivity index (χ4v) is 7.37. The molecule has 1 aliphatic rings. The van der Waals surface area contributed by atoms with E-state index in [-0.39, 0.29) is 5.41 Å². The molecule has 0 fully saturated rings. The average molecular weight is 497 g/mol. The van der Waals surface area contributed by atoms with Crippen LogP contribution in [0.15, 0.2) is 132 Å². The van der Waals surface area contributed by atoms with Crippen LogP contribution < -0.4 is 0 Å². The molecule has 0 aromatic heterocycles. The molecule has 0 nitrogen and oxygen atoms in total. The predicted octanol–water partition coefficient (Wildman–Crippen LogP) is 9.97. The first-order chi connectivity index (χ1) is 18.0. The number of rotatable bonds is 5. The average Bonchev–Trinajstić information content (AvgIpc) is 3.30. The first kappa shape index (κ1) is 23.8. The van der Waals surface area contributed by atoms with Gasteiger partial charge in [-0.25, -0.2) is 0 Å². The molecule has 0 radical (unpaired) electrons. The number of hydrogen-bond acceptors (Lipinski definition) is 1. The second-order valence-corrected chi connectivity index (χ2v) is 12.0. The van der Waals surface area contributed by atoms with Gasteiger partial charge in [-0.05, 0) is 50.6 Å². The lowest BCUT2D eigenvalue weighted by atomic mass is 9.75. The normalized spacial score (nSPS) is 16.9. The summed E-state index contributed by atoms with van der Waals surface area (Å²) in [5.41, 5.74) is 10.5. The van der Waals surface area contributed by atoms with E-state index in [0.717, 1.165) is 0 Å². The monoisotopic (exact) mass is 496 g/mol. The summed E-state index contributed by atoms with van der Waals surface area (Å²) in [7, 11) is 0. The van der Waals surface area contributed by atoms with E-state index < -0.39 is 0 Å². The summed E-state index contributed by atoms with van der Waals surface area (Å²) >= 11 is 2.04. The lowest BCUT2D eigenvalue weighted by Gasteiger charge is -2.30. The summed E-state index contributed by atoms with van der Waals surface area (Å²) < 4.78 is 0. The highest BCUT2D eigenvalue weighted by molar-refractivity contribution is 8.00. The molecule has 6 rings (SSSR count). The van der Waals surface area contributed by atoms with Gasteiger partial charge in [0.1, 0.15) is 0 Å². The van der Waals surface area contributed by atoms with Gasteiger partial charge in [-0.2, -0.15) is 0 Å². The molecule has 37 heavy (non-hydrogen) atoms.